The normalized spacial score (nSPS) is 16.8. The molecule has 0 aromatic rings. The Kier molecular flexibility index (Phi) is 30.9. The van der Waals surface area contributed by atoms with E-state index in [1.165, 1.54) is 0 Å². The van der Waals surface area contributed by atoms with Crippen LogP contribution in [0.1, 0.15) is 196 Å². The van der Waals surface area contributed by atoms with Crippen LogP contribution in [0.25, 0.3) is 0 Å². The molecular weight excluding hydrogens is 795 g/mol. The number of hydrogen-bond donors (Lipinski definition) is 3. The average molecular weight is 891 g/mol. The first-order chi connectivity index (χ1) is 27.2. The van der Waals surface area contributed by atoms with Gasteiger partial charge in [0, 0.05) is 96.1 Å². The van der Waals surface area contributed by atoms with Gasteiger partial charge in [0.15, 0.2) is 0 Å². The average Bonchev–Trinajstić information content (AvgIpc) is 3.93. The maximum absolute atomic E-state index is 12.4. The maximum atomic E-state index is 12.4. The molecule has 2 aliphatic carbocycles. The highest BCUT2D eigenvalue weighted by Crippen LogP contribution is 2.50. The summed E-state index contributed by atoms with van der Waals surface area (Å²) in [5.74, 6) is -1.74. The van der Waals surface area contributed by atoms with E-state index in [-0.39, 0.29) is 95.6 Å². The number of likely N-dealkylation sites (tertiary alicyclic amines) is 1. The summed E-state index contributed by atoms with van der Waals surface area (Å²) in [5, 5.41) is 19.8. The zero-order valence-corrected chi connectivity index (χ0v) is 42.3. The van der Waals surface area contributed by atoms with Gasteiger partial charge in [0.05, 0.1) is 5.92 Å². The van der Waals surface area contributed by atoms with Crippen molar-refractivity contribution in [2.24, 2.45) is 50.7 Å². The Morgan fingerprint density at radius 2 is 1.06 bits per heavy atom. The van der Waals surface area contributed by atoms with Crippen molar-refractivity contribution in [2.75, 3.05) is 33.4 Å². The van der Waals surface area contributed by atoms with E-state index in [0.717, 1.165) is 32.4 Å². The van der Waals surface area contributed by atoms with E-state index in [0.29, 0.717) is 49.7 Å². The standard InChI is InChI=1S/C10H19NO2.C9H14F2O.C9H18O2.C9H16O.C7H14O.C5H11NO.CH4/c1-10(2,3)4-9(13)11-5-8(6-11)7-12;1-8(2,3)5-7(12)6-4-9(6,10)11;1-9(2,3)7-8(11)5-4-6-10;1-9(2,3)6-8(10)7-4-5-7;1-6(8)5-7(2,3)4;1-4(2)5(7)6-3;/h8,12H,4-7H2,1-3H3;6H,4-5H2,1-3H3;10H,4-7H2,1-3H3;7H,4-6H2,1-3H3;5H2,1-4H3;4H,1-3H3,(H,6,7);1H4. The molecular formula is C50H96F2N2O8. The van der Waals surface area contributed by atoms with Gasteiger partial charge in [-0.05, 0) is 53.3 Å². The number of carbonyl (C=O) groups excluding carboxylic acids is 6. The lowest BCUT2D eigenvalue weighted by atomic mass is 9.88. The SMILES string of the molecule is C.CC(=O)CC(C)(C)C.CC(C)(C)CC(=O)C1CC1.CC(C)(C)CC(=O)C1CC1(F)F.CC(C)(C)CC(=O)CCCO.CC(C)(C)CC(=O)N1CC(CO)C1.CNC(=O)C(C)C. The van der Waals surface area contributed by atoms with Crippen LogP contribution >= 0.6 is 0 Å². The monoisotopic (exact) mass is 891 g/mol. The smallest absolute Gasteiger partial charge is 0.258 e. The number of nitrogens with one attached hydrogen (secondary N) is 1. The van der Waals surface area contributed by atoms with Crippen LogP contribution in [-0.4, -0.2) is 89.3 Å². The summed E-state index contributed by atoms with van der Waals surface area (Å²) in [5.41, 5.74) is 0.356. The van der Waals surface area contributed by atoms with E-state index < -0.39 is 11.8 Å². The van der Waals surface area contributed by atoms with Gasteiger partial charge >= 0.3 is 0 Å². The van der Waals surface area contributed by atoms with Crippen molar-refractivity contribution in [3.05, 3.63) is 0 Å². The number of hydrogen-bond acceptors (Lipinski definition) is 8. The summed E-state index contributed by atoms with van der Waals surface area (Å²) in [7, 11) is 1.64. The number of ketones is 4. The molecule has 3 aliphatic rings. The first kappa shape index (κ1) is 66.0. The molecule has 1 unspecified atom stereocenters. The Morgan fingerprint density at radius 3 is 1.31 bits per heavy atom. The Morgan fingerprint density at radius 1 is 0.677 bits per heavy atom. The second-order valence-corrected chi connectivity index (χ2v) is 23.6. The van der Waals surface area contributed by atoms with Gasteiger partial charge < -0.3 is 25.2 Å². The van der Waals surface area contributed by atoms with Gasteiger partial charge in [-0.15, -0.1) is 0 Å². The summed E-state index contributed by atoms with van der Waals surface area (Å²) in [6.45, 7) is 37.7. The quantitative estimate of drug-likeness (QED) is 0.175. The van der Waals surface area contributed by atoms with E-state index >= 15 is 0 Å². The summed E-state index contributed by atoms with van der Waals surface area (Å²) in [6.07, 6.45) is 6.12. The number of alkyl halides is 2. The van der Waals surface area contributed by atoms with Crippen molar-refractivity contribution in [3.63, 3.8) is 0 Å². The van der Waals surface area contributed by atoms with E-state index in [4.69, 9.17) is 10.2 Å². The van der Waals surface area contributed by atoms with Crippen molar-refractivity contribution in [1.82, 2.24) is 10.2 Å². The third-order valence-electron chi connectivity index (χ3n) is 8.80. The second kappa shape index (κ2) is 29.0. The maximum Gasteiger partial charge on any atom is 0.258 e. The molecule has 62 heavy (non-hydrogen) atoms. The van der Waals surface area contributed by atoms with Crippen LogP contribution in [0.5, 0.6) is 0 Å². The number of carbonyl (C=O) groups is 6. The molecule has 1 aliphatic heterocycles. The highest BCUT2D eigenvalue weighted by atomic mass is 19.3. The Balaban J connectivity index is -0.000000328. The van der Waals surface area contributed by atoms with Crippen LogP contribution in [0.2, 0.25) is 0 Å². The van der Waals surface area contributed by atoms with Gasteiger partial charge in [-0.1, -0.05) is 125 Å². The first-order valence-electron chi connectivity index (χ1n) is 22.3. The molecule has 0 bridgehead atoms. The van der Waals surface area contributed by atoms with Crippen molar-refractivity contribution < 1.29 is 47.8 Å². The van der Waals surface area contributed by atoms with Gasteiger partial charge in [0.25, 0.3) is 5.92 Å². The van der Waals surface area contributed by atoms with Gasteiger partial charge in [0.2, 0.25) is 11.8 Å². The van der Waals surface area contributed by atoms with Gasteiger partial charge in [-0.2, -0.15) is 0 Å². The predicted molar refractivity (Wildman–Crippen MR) is 251 cm³/mol. The van der Waals surface area contributed by atoms with Crippen molar-refractivity contribution in [2.45, 2.75) is 202 Å². The highest BCUT2D eigenvalue weighted by Gasteiger charge is 2.60. The molecule has 3 fully saturated rings. The van der Waals surface area contributed by atoms with Crippen LogP contribution in [0, 0.1) is 50.7 Å². The fourth-order valence-electron chi connectivity index (χ4n) is 5.73. The molecule has 3 rings (SSSR count). The summed E-state index contributed by atoms with van der Waals surface area (Å²) in [6, 6.07) is 0. The number of aliphatic hydroxyl groups is 2. The minimum Gasteiger partial charge on any atom is -0.396 e. The van der Waals surface area contributed by atoms with Crippen molar-refractivity contribution in [1.29, 1.82) is 0 Å². The molecule has 0 aromatic carbocycles. The Bertz CT molecular complexity index is 1330. The second-order valence-electron chi connectivity index (χ2n) is 23.6. The van der Waals surface area contributed by atoms with E-state index in [9.17, 15) is 37.5 Å². The zero-order valence-electron chi connectivity index (χ0n) is 42.3. The molecule has 10 nitrogen and oxygen atoms in total. The lowest BCUT2D eigenvalue weighted by Crippen LogP contribution is -2.51. The topological polar surface area (TPSA) is 158 Å². The molecule has 0 spiro atoms. The lowest BCUT2D eigenvalue weighted by molar-refractivity contribution is -0.140. The minimum atomic E-state index is -2.69. The molecule has 368 valence electrons. The highest BCUT2D eigenvalue weighted by molar-refractivity contribution is 5.85. The number of Topliss-reactive ketones (excluding diaryl/α,β-unsaturated/α-hetero) is 4. The third-order valence-corrected chi connectivity index (χ3v) is 8.80. The van der Waals surface area contributed by atoms with Crippen LogP contribution in [0.4, 0.5) is 8.78 Å². The number of aliphatic hydroxyl groups excluding tert-OH is 2. The van der Waals surface area contributed by atoms with Crippen LogP contribution in [-0.2, 0) is 28.8 Å². The van der Waals surface area contributed by atoms with Gasteiger partial charge in [-0.3, -0.25) is 24.0 Å². The predicted octanol–water partition coefficient (Wildman–Crippen LogP) is 10.7. The number of rotatable bonds is 12. The zero-order chi connectivity index (χ0) is 49.0. The third kappa shape index (κ3) is 41.4. The molecule has 1 saturated heterocycles. The lowest BCUT2D eigenvalue weighted by Gasteiger charge is -2.39. The fraction of sp³-hybridized carbons (Fsp3) is 0.880. The van der Waals surface area contributed by atoms with Gasteiger partial charge in [-0.25, -0.2) is 8.78 Å². The number of halogens is 2. The largest absolute Gasteiger partial charge is 0.396 e. The number of nitrogens with zero attached hydrogens (tertiary/aromatic N) is 1. The minimum absolute atomic E-state index is 0. The molecule has 12 heteroatoms. The van der Waals surface area contributed by atoms with E-state index in [2.05, 4.69) is 67.6 Å². The molecule has 0 radical (unpaired) electrons. The molecule has 2 saturated carbocycles. The number of amides is 2. The van der Waals surface area contributed by atoms with Crippen molar-refractivity contribution in [3.8, 4) is 0 Å². The van der Waals surface area contributed by atoms with Crippen LogP contribution in [0.15, 0.2) is 0 Å². The summed E-state index contributed by atoms with van der Waals surface area (Å²) in [4.78, 5) is 67.7. The first-order valence-corrected chi connectivity index (χ1v) is 22.3. The molecule has 1 atom stereocenters. The molecule has 0 aromatic heterocycles. The molecule has 1 heterocycles. The Hall–Kier alpha value is -2.60. The summed E-state index contributed by atoms with van der Waals surface area (Å²) >= 11 is 0. The Labute approximate surface area is 378 Å². The van der Waals surface area contributed by atoms with Gasteiger partial charge in [0.1, 0.15) is 23.1 Å². The summed E-state index contributed by atoms with van der Waals surface area (Å²) < 4.78 is 24.8. The van der Waals surface area contributed by atoms with E-state index in [1.807, 2.05) is 60.3 Å². The molecule has 2 amide bonds. The van der Waals surface area contributed by atoms with E-state index in [1.54, 1.807) is 14.0 Å². The van der Waals surface area contributed by atoms with Crippen LogP contribution in [0.3, 0.4) is 0 Å². The molecule has 3 N–H and O–H groups in total. The van der Waals surface area contributed by atoms with Crippen molar-refractivity contribution >= 4 is 34.9 Å². The fourth-order valence-corrected chi connectivity index (χ4v) is 5.73. The van der Waals surface area contributed by atoms with Crippen LogP contribution < -0.4 is 5.32 Å².